The lowest BCUT2D eigenvalue weighted by Crippen LogP contribution is -2.39. The van der Waals surface area contributed by atoms with Gasteiger partial charge in [-0.2, -0.15) is 26.3 Å². The number of phenols is 1. The molecule has 3 aliphatic carbocycles. The topological polar surface area (TPSA) is 91.8 Å². The van der Waals surface area contributed by atoms with Crippen molar-refractivity contribution in [2.75, 3.05) is 4.90 Å². The molecule has 1 saturated heterocycles. The van der Waals surface area contributed by atoms with Crippen molar-refractivity contribution >= 4 is 29.1 Å². The van der Waals surface area contributed by atoms with Gasteiger partial charge in [0.2, 0.25) is 11.8 Å². The number of alkyl halides is 6. The fourth-order valence-corrected chi connectivity index (χ4v) is 6.94. The molecule has 6 nitrogen and oxygen atoms in total. The monoisotopic (exact) mass is 615 g/mol. The highest BCUT2D eigenvalue weighted by molar-refractivity contribution is 6.25. The van der Waals surface area contributed by atoms with Crippen LogP contribution < -0.4 is 4.90 Å². The van der Waals surface area contributed by atoms with Crippen LogP contribution in [-0.2, 0) is 31.5 Å². The van der Waals surface area contributed by atoms with Crippen LogP contribution in [0.3, 0.4) is 0 Å². The van der Waals surface area contributed by atoms with Gasteiger partial charge in [0.25, 0.3) is 0 Å². The number of benzene rings is 2. The molecule has 2 aromatic rings. The quantitative estimate of drug-likeness (QED) is 0.184. The number of fused-ring (bicyclic) bond motifs is 3. The summed E-state index contributed by atoms with van der Waals surface area (Å²) in [5, 5.41) is 10.1. The molecule has 0 radical (unpaired) electrons. The molecule has 0 saturated carbocycles. The second kappa shape index (κ2) is 9.76. The number of halogens is 6. The van der Waals surface area contributed by atoms with Crippen LogP contribution in [0.1, 0.15) is 47.9 Å². The van der Waals surface area contributed by atoms with E-state index in [9.17, 15) is 50.6 Å². The van der Waals surface area contributed by atoms with E-state index in [1.54, 1.807) is 25.1 Å². The number of hydrogen-bond acceptors (Lipinski definition) is 5. The second-order valence-electron chi connectivity index (χ2n) is 11.6. The number of rotatable bonds is 2. The maximum Gasteiger partial charge on any atom is 0.416 e. The van der Waals surface area contributed by atoms with Crippen LogP contribution in [0.5, 0.6) is 5.75 Å². The smallest absolute Gasteiger partial charge is 0.416 e. The molecule has 4 atom stereocenters. The van der Waals surface area contributed by atoms with Gasteiger partial charge in [0.05, 0.1) is 28.7 Å². The first-order chi connectivity index (χ1) is 20.5. The predicted octanol–water partition coefficient (Wildman–Crippen LogP) is 6.37. The first-order valence-electron chi connectivity index (χ1n) is 13.7. The lowest BCUT2D eigenvalue weighted by atomic mass is 9.59. The average Bonchev–Trinajstić information content (AvgIpc) is 3.20. The highest BCUT2D eigenvalue weighted by Gasteiger charge is 2.57. The molecule has 0 spiro atoms. The normalized spacial score (nSPS) is 25.5. The molecule has 12 heteroatoms. The number of phenolic OH excluding ortho intramolecular Hbond substituents is 1. The van der Waals surface area contributed by atoms with Crippen molar-refractivity contribution in [2.24, 2.45) is 17.8 Å². The van der Waals surface area contributed by atoms with Crippen molar-refractivity contribution < 1.29 is 50.6 Å². The Kier molecular flexibility index (Phi) is 6.57. The summed E-state index contributed by atoms with van der Waals surface area (Å²) < 4.78 is 81.6. The molecule has 4 aliphatic rings. The van der Waals surface area contributed by atoms with E-state index in [1.165, 1.54) is 19.1 Å². The van der Waals surface area contributed by atoms with Crippen LogP contribution >= 0.6 is 0 Å². The Bertz CT molecular complexity index is 1750. The van der Waals surface area contributed by atoms with Gasteiger partial charge >= 0.3 is 12.4 Å². The Morgan fingerprint density at radius 3 is 2.07 bits per heavy atom. The van der Waals surface area contributed by atoms with Crippen LogP contribution in [-0.4, -0.2) is 28.5 Å². The number of carbonyl (C=O) groups excluding carboxylic acids is 4. The van der Waals surface area contributed by atoms with Gasteiger partial charge in [0.15, 0.2) is 11.6 Å². The second-order valence-corrected chi connectivity index (χ2v) is 11.6. The zero-order valence-electron chi connectivity index (χ0n) is 23.1. The number of aromatic hydroxyl groups is 1. The van der Waals surface area contributed by atoms with Gasteiger partial charge < -0.3 is 5.11 Å². The summed E-state index contributed by atoms with van der Waals surface area (Å²) in [6.07, 6.45) is -7.65. The van der Waals surface area contributed by atoms with E-state index in [0.717, 1.165) is 0 Å². The number of imide groups is 1. The first-order valence-corrected chi connectivity index (χ1v) is 13.7. The van der Waals surface area contributed by atoms with Gasteiger partial charge in [-0.3, -0.25) is 19.2 Å². The molecule has 1 fully saturated rings. The first kappa shape index (κ1) is 29.6. The lowest BCUT2D eigenvalue weighted by Gasteiger charge is -2.42. The molecular formula is C32H23F6NO5. The third-order valence-corrected chi connectivity index (χ3v) is 8.95. The minimum absolute atomic E-state index is 0.0127. The Hall–Kier alpha value is -4.48. The number of allylic oxidation sites excluding steroid dienone is 6. The molecule has 0 bridgehead atoms. The van der Waals surface area contributed by atoms with Crippen molar-refractivity contribution in [1.29, 1.82) is 0 Å². The summed E-state index contributed by atoms with van der Waals surface area (Å²) in [5.41, 5.74) is -2.09. The largest absolute Gasteiger partial charge is 0.508 e. The summed E-state index contributed by atoms with van der Waals surface area (Å²) >= 11 is 0. The Morgan fingerprint density at radius 1 is 0.841 bits per heavy atom. The number of Topliss-reactive ketones (excluding diaryl/α,β-unsaturated/α-hetero) is 1. The van der Waals surface area contributed by atoms with Crippen LogP contribution in [0.2, 0.25) is 0 Å². The Morgan fingerprint density at radius 2 is 1.48 bits per heavy atom. The van der Waals surface area contributed by atoms with E-state index >= 15 is 0 Å². The van der Waals surface area contributed by atoms with Gasteiger partial charge in [0, 0.05) is 22.6 Å². The predicted molar refractivity (Wildman–Crippen MR) is 143 cm³/mol. The summed E-state index contributed by atoms with van der Waals surface area (Å²) in [7, 11) is 0. The molecule has 0 aromatic heterocycles. The number of aryl methyl sites for hydroxylation is 1. The average molecular weight is 616 g/mol. The summed E-state index contributed by atoms with van der Waals surface area (Å²) in [6, 6.07) is 5.25. The van der Waals surface area contributed by atoms with E-state index in [0.29, 0.717) is 33.7 Å². The van der Waals surface area contributed by atoms with Crippen molar-refractivity contribution in [1.82, 2.24) is 0 Å². The minimum atomic E-state index is -5.19. The number of hydrogen-bond donors (Lipinski definition) is 1. The summed E-state index contributed by atoms with van der Waals surface area (Å²) in [4.78, 5) is 54.6. The molecule has 6 rings (SSSR count). The van der Waals surface area contributed by atoms with Crippen molar-refractivity contribution in [2.45, 2.75) is 45.0 Å². The van der Waals surface area contributed by atoms with Crippen molar-refractivity contribution in [3.8, 4) is 5.75 Å². The molecular weight excluding hydrogens is 592 g/mol. The minimum Gasteiger partial charge on any atom is -0.508 e. The highest BCUT2D eigenvalue weighted by atomic mass is 19.4. The van der Waals surface area contributed by atoms with Gasteiger partial charge in [-0.05, 0) is 74.1 Å². The maximum atomic E-state index is 13.9. The molecule has 228 valence electrons. The standard InChI is InChI=1S/C32H23F6NO5/c1-13-7-15(3-6-23(13)40)25-19-4-5-20-26(21(19)12-22-27(25)24(41)8-14(2)28(22)42)30(44)39(29(20)43)18-10-16(31(33,34)35)9-17(11-18)32(36,37)38/h3-4,6-11,20-21,25-26,40H,5,12H2,1-2H3. The fraction of sp³-hybridized carbons (Fsp3) is 0.312. The van der Waals surface area contributed by atoms with Gasteiger partial charge in [-0.1, -0.05) is 23.8 Å². The molecule has 44 heavy (non-hydrogen) atoms. The Labute approximate surface area is 246 Å². The van der Waals surface area contributed by atoms with Gasteiger partial charge in [0.1, 0.15) is 5.75 Å². The van der Waals surface area contributed by atoms with Crippen LogP contribution in [0.15, 0.2) is 70.8 Å². The van der Waals surface area contributed by atoms with Crippen molar-refractivity contribution in [3.63, 3.8) is 0 Å². The van der Waals surface area contributed by atoms with E-state index in [2.05, 4.69) is 0 Å². The number of amides is 2. The molecule has 2 amide bonds. The van der Waals surface area contributed by atoms with E-state index < -0.39 is 76.2 Å². The third-order valence-electron chi connectivity index (χ3n) is 8.95. The van der Waals surface area contributed by atoms with E-state index in [4.69, 9.17) is 0 Å². The number of nitrogens with zero attached hydrogens (tertiary/aromatic N) is 1. The van der Waals surface area contributed by atoms with Crippen LogP contribution in [0.25, 0.3) is 0 Å². The summed E-state index contributed by atoms with van der Waals surface area (Å²) in [5.74, 6) is -6.74. The lowest BCUT2D eigenvalue weighted by molar-refractivity contribution is -0.143. The zero-order valence-corrected chi connectivity index (χ0v) is 23.1. The molecule has 1 aliphatic heterocycles. The van der Waals surface area contributed by atoms with E-state index in [-0.39, 0.29) is 41.4 Å². The molecule has 4 unspecified atom stereocenters. The maximum absolute atomic E-state index is 13.9. The fourth-order valence-electron chi connectivity index (χ4n) is 6.94. The summed E-state index contributed by atoms with van der Waals surface area (Å²) in [6.45, 7) is 3.11. The van der Waals surface area contributed by atoms with Gasteiger partial charge in [-0.15, -0.1) is 0 Å². The molecule has 1 heterocycles. The highest BCUT2D eigenvalue weighted by Crippen LogP contribution is 2.56. The van der Waals surface area contributed by atoms with E-state index in [1.807, 2.05) is 0 Å². The van der Waals surface area contributed by atoms with Crippen molar-refractivity contribution in [3.05, 3.63) is 93.1 Å². The number of ketones is 2. The zero-order chi connectivity index (χ0) is 32.0. The molecule has 2 aromatic carbocycles. The molecule has 1 N–H and O–H groups in total. The number of anilines is 1. The number of carbonyl (C=O) groups is 4. The Balaban J connectivity index is 1.48. The SMILES string of the molecule is CC1=CC(=O)C2=C(CC3C(=CCC4C(=O)N(c5cc(C(F)(F)F)cc(C(F)(F)F)c5)C(=O)C43)C2c2ccc(O)c(C)c2)C1=O. The van der Waals surface area contributed by atoms with Gasteiger partial charge in [-0.25, -0.2) is 4.90 Å². The third kappa shape index (κ3) is 4.49. The van der Waals surface area contributed by atoms with Crippen LogP contribution in [0, 0.1) is 24.7 Å². The van der Waals surface area contributed by atoms with Crippen LogP contribution in [0.4, 0.5) is 32.0 Å².